The summed E-state index contributed by atoms with van der Waals surface area (Å²) in [6.45, 7) is 2.88. The van der Waals surface area contributed by atoms with Crippen LogP contribution < -0.4 is 5.32 Å². The van der Waals surface area contributed by atoms with Gasteiger partial charge in [-0.3, -0.25) is 4.79 Å². The van der Waals surface area contributed by atoms with Crippen molar-refractivity contribution in [1.29, 1.82) is 0 Å². The van der Waals surface area contributed by atoms with Crippen LogP contribution in [0, 0.1) is 5.92 Å². The maximum absolute atomic E-state index is 12.2. The number of fused-ring (bicyclic) bond motifs is 1. The number of carbonyl (C=O) groups is 1. The molecule has 3 heteroatoms. The zero-order valence-corrected chi connectivity index (χ0v) is 12.5. The van der Waals surface area contributed by atoms with Crippen molar-refractivity contribution < 1.29 is 4.79 Å². The van der Waals surface area contributed by atoms with Crippen LogP contribution in [0.5, 0.6) is 0 Å². The second-order valence-corrected chi connectivity index (χ2v) is 6.71. The Kier molecular flexibility index (Phi) is 3.88. The molecule has 0 unspecified atom stereocenters. The molecule has 1 aliphatic carbocycles. The van der Waals surface area contributed by atoms with Crippen LogP contribution in [-0.2, 0) is 19.4 Å². The van der Waals surface area contributed by atoms with Crippen LogP contribution in [0.15, 0.2) is 36.4 Å². The largest absolute Gasteiger partial charge is 0.347 e. The lowest BCUT2D eigenvalue weighted by atomic mass is 9.90. The van der Waals surface area contributed by atoms with Crippen molar-refractivity contribution in [3.8, 4) is 0 Å². The van der Waals surface area contributed by atoms with Crippen LogP contribution >= 0.6 is 11.3 Å². The SMILES string of the molecule is C[C@H]1CCc2sc(C(=O)NCc3ccccc3)cc2C1. The Morgan fingerprint density at radius 2 is 2.15 bits per heavy atom. The van der Waals surface area contributed by atoms with Gasteiger partial charge in [-0.1, -0.05) is 37.3 Å². The molecule has 2 aromatic rings. The predicted molar refractivity (Wildman–Crippen MR) is 83.1 cm³/mol. The van der Waals surface area contributed by atoms with Crippen molar-refractivity contribution in [2.24, 2.45) is 5.92 Å². The van der Waals surface area contributed by atoms with E-state index in [1.165, 1.54) is 16.9 Å². The highest BCUT2D eigenvalue weighted by molar-refractivity contribution is 7.14. The zero-order valence-electron chi connectivity index (χ0n) is 11.7. The van der Waals surface area contributed by atoms with Gasteiger partial charge in [0.1, 0.15) is 0 Å². The summed E-state index contributed by atoms with van der Waals surface area (Å²) < 4.78 is 0. The van der Waals surface area contributed by atoms with E-state index < -0.39 is 0 Å². The molecule has 1 heterocycles. The Morgan fingerprint density at radius 1 is 1.35 bits per heavy atom. The normalized spacial score (nSPS) is 17.6. The van der Waals surface area contributed by atoms with Crippen LogP contribution in [0.3, 0.4) is 0 Å². The number of amides is 1. The summed E-state index contributed by atoms with van der Waals surface area (Å²) in [4.78, 5) is 14.5. The second-order valence-electron chi connectivity index (χ2n) is 5.58. The molecular formula is C17H19NOS. The van der Waals surface area contributed by atoms with E-state index in [0.29, 0.717) is 6.54 Å². The molecule has 1 aliphatic rings. The van der Waals surface area contributed by atoms with Gasteiger partial charge < -0.3 is 5.32 Å². The summed E-state index contributed by atoms with van der Waals surface area (Å²) in [6, 6.07) is 12.1. The summed E-state index contributed by atoms with van der Waals surface area (Å²) in [5.41, 5.74) is 2.52. The molecule has 1 N–H and O–H groups in total. The van der Waals surface area contributed by atoms with Crippen molar-refractivity contribution >= 4 is 17.2 Å². The fourth-order valence-electron chi connectivity index (χ4n) is 2.68. The third-order valence-corrected chi connectivity index (χ3v) is 5.08. The number of hydrogen-bond acceptors (Lipinski definition) is 2. The summed E-state index contributed by atoms with van der Waals surface area (Å²) in [5, 5.41) is 3.01. The van der Waals surface area contributed by atoms with Crippen molar-refractivity contribution in [1.82, 2.24) is 5.32 Å². The second kappa shape index (κ2) is 5.80. The maximum Gasteiger partial charge on any atom is 0.261 e. The first-order chi connectivity index (χ1) is 9.72. The fourth-order valence-corrected chi connectivity index (χ4v) is 3.81. The number of thiophene rings is 1. The summed E-state index contributed by atoms with van der Waals surface area (Å²) in [5.74, 6) is 0.804. The summed E-state index contributed by atoms with van der Waals surface area (Å²) in [7, 11) is 0. The van der Waals surface area contributed by atoms with Gasteiger partial charge in [0.05, 0.1) is 4.88 Å². The average Bonchev–Trinajstić information content (AvgIpc) is 2.89. The topological polar surface area (TPSA) is 29.1 Å². The highest BCUT2D eigenvalue weighted by atomic mass is 32.1. The Balaban J connectivity index is 1.66. The van der Waals surface area contributed by atoms with Gasteiger partial charge >= 0.3 is 0 Å². The molecule has 0 saturated heterocycles. The minimum Gasteiger partial charge on any atom is -0.347 e. The fraction of sp³-hybridized carbons (Fsp3) is 0.353. The molecule has 20 heavy (non-hydrogen) atoms. The minimum atomic E-state index is 0.0564. The van der Waals surface area contributed by atoms with Crippen LogP contribution in [-0.4, -0.2) is 5.91 Å². The van der Waals surface area contributed by atoms with E-state index in [9.17, 15) is 4.79 Å². The van der Waals surface area contributed by atoms with Crippen LogP contribution in [0.2, 0.25) is 0 Å². The first-order valence-electron chi connectivity index (χ1n) is 7.16. The highest BCUT2D eigenvalue weighted by Gasteiger charge is 2.20. The third kappa shape index (κ3) is 2.93. The smallest absolute Gasteiger partial charge is 0.261 e. The molecule has 1 aromatic carbocycles. The lowest BCUT2D eigenvalue weighted by Crippen LogP contribution is -2.21. The Labute approximate surface area is 123 Å². The molecule has 3 rings (SSSR count). The van der Waals surface area contributed by atoms with E-state index in [0.717, 1.165) is 29.2 Å². The van der Waals surface area contributed by atoms with Crippen LogP contribution in [0.4, 0.5) is 0 Å². The molecule has 1 amide bonds. The van der Waals surface area contributed by atoms with Crippen molar-refractivity contribution in [2.75, 3.05) is 0 Å². The molecule has 0 radical (unpaired) electrons. The van der Waals surface area contributed by atoms with Crippen LogP contribution in [0.25, 0.3) is 0 Å². The maximum atomic E-state index is 12.2. The highest BCUT2D eigenvalue weighted by Crippen LogP contribution is 2.32. The summed E-state index contributed by atoms with van der Waals surface area (Å²) >= 11 is 1.67. The van der Waals surface area contributed by atoms with E-state index >= 15 is 0 Å². The Hall–Kier alpha value is -1.61. The molecule has 0 spiro atoms. The molecule has 104 valence electrons. The first-order valence-corrected chi connectivity index (χ1v) is 7.97. The minimum absolute atomic E-state index is 0.0564. The van der Waals surface area contributed by atoms with Crippen molar-refractivity contribution in [3.05, 3.63) is 57.3 Å². The van der Waals surface area contributed by atoms with Gasteiger partial charge in [-0.05, 0) is 42.4 Å². The monoisotopic (exact) mass is 285 g/mol. The molecule has 0 saturated carbocycles. The van der Waals surface area contributed by atoms with Gasteiger partial charge in [0, 0.05) is 11.4 Å². The Morgan fingerprint density at radius 3 is 2.95 bits per heavy atom. The summed E-state index contributed by atoms with van der Waals surface area (Å²) in [6.07, 6.45) is 3.50. The molecule has 0 bridgehead atoms. The number of aryl methyl sites for hydroxylation is 1. The van der Waals surface area contributed by atoms with E-state index in [1.54, 1.807) is 11.3 Å². The molecule has 1 atom stereocenters. The van der Waals surface area contributed by atoms with Gasteiger partial charge in [0.25, 0.3) is 5.91 Å². The zero-order chi connectivity index (χ0) is 13.9. The van der Waals surface area contributed by atoms with Gasteiger partial charge in [0.15, 0.2) is 0 Å². The molecule has 0 aliphatic heterocycles. The van der Waals surface area contributed by atoms with Gasteiger partial charge in [-0.25, -0.2) is 0 Å². The van der Waals surface area contributed by atoms with Crippen molar-refractivity contribution in [2.45, 2.75) is 32.7 Å². The standard InChI is InChI=1S/C17H19NOS/c1-12-7-8-15-14(9-12)10-16(20-15)17(19)18-11-13-5-3-2-4-6-13/h2-6,10,12H,7-9,11H2,1H3,(H,18,19)/t12-/m0/s1. The number of nitrogens with one attached hydrogen (secondary N) is 1. The van der Waals surface area contributed by atoms with E-state index in [-0.39, 0.29) is 5.91 Å². The van der Waals surface area contributed by atoms with Crippen LogP contribution in [0.1, 0.15) is 39.0 Å². The number of carbonyl (C=O) groups excluding carboxylic acids is 1. The number of benzene rings is 1. The lowest BCUT2D eigenvalue weighted by molar-refractivity contribution is 0.0955. The average molecular weight is 285 g/mol. The number of rotatable bonds is 3. The van der Waals surface area contributed by atoms with Crippen molar-refractivity contribution in [3.63, 3.8) is 0 Å². The predicted octanol–water partition coefficient (Wildman–Crippen LogP) is 3.80. The van der Waals surface area contributed by atoms with Gasteiger partial charge in [-0.2, -0.15) is 0 Å². The lowest BCUT2D eigenvalue weighted by Gasteiger charge is -2.16. The van der Waals surface area contributed by atoms with Gasteiger partial charge in [-0.15, -0.1) is 11.3 Å². The third-order valence-electron chi connectivity index (χ3n) is 3.85. The van der Waals surface area contributed by atoms with E-state index in [1.807, 2.05) is 30.3 Å². The number of hydrogen-bond donors (Lipinski definition) is 1. The quantitative estimate of drug-likeness (QED) is 0.913. The first kappa shape index (κ1) is 13.4. The molecule has 1 aromatic heterocycles. The van der Waals surface area contributed by atoms with E-state index in [2.05, 4.69) is 18.3 Å². The van der Waals surface area contributed by atoms with Gasteiger partial charge in [0.2, 0.25) is 0 Å². The molecular weight excluding hydrogens is 266 g/mol. The molecule has 2 nitrogen and oxygen atoms in total. The van der Waals surface area contributed by atoms with E-state index in [4.69, 9.17) is 0 Å². The molecule has 0 fully saturated rings. The Bertz CT molecular complexity index is 603.